The van der Waals surface area contributed by atoms with Crippen LogP contribution in [0.4, 0.5) is 4.39 Å². The van der Waals surface area contributed by atoms with Crippen molar-refractivity contribution in [2.24, 2.45) is 5.73 Å². The largest absolute Gasteiger partial charge is 0.351 e. The predicted molar refractivity (Wildman–Crippen MR) is 101 cm³/mol. The van der Waals surface area contributed by atoms with E-state index in [0.717, 1.165) is 28.0 Å². The van der Waals surface area contributed by atoms with Crippen molar-refractivity contribution in [1.29, 1.82) is 0 Å². The van der Waals surface area contributed by atoms with Crippen LogP contribution in [-0.4, -0.2) is 28.3 Å². The predicted octanol–water partition coefficient (Wildman–Crippen LogP) is 3.42. The maximum Gasteiger partial charge on any atom is 0.261 e. The van der Waals surface area contributed by atoms with Gasteiger partial charge in [-0.15, -0.1) is 23.7 Å². The maximum absolute atomic E-state index is 13.1. The highest BCUT2D eigenvalue weighted by molar-refractivity contribution is 7.20. The number of amides is 1. The molecule has 8 heteroatoms. The fraction of sp³-hybridized carbons (Fsp3) is 0.294. The van der Waals surface area contributed by atoms with E-state index >= 15 is 0 Å². The third kappa shape index (κ3) is 4.18. The third-order valence-electron chi connectivity index (χ3n) is 3.72. The summed E-state index contributed by atoms with van der Waals surface area (Å²) in [6.07, 6.45) is 0.735. The summed E-state index contributed by atoms with van der Waals surface area (Å²) in [6.45, 7) is 4.35. The van der Waals surface area contributed by atoms with E-state index in [0.29, 0.717) is 11.4 Å². The number of aromatic nitrogens is 2. The van der Waals surface area contributed by atoms with Crippen molar-refractivity contribution in [1.82, 2.24) is 15.1 Å². The van der Waals surface area contributed by atoms with Crippen LogP contribution < -0.4 is 11.1 Å². The Bertz CT molecular complexity index is 873. The lowest BCUT2D eigenvalue weighted by Crippen LogP contribution is -2.28. The van der Waals surface area contributed by atoms with Crippen LogP contribution in [0.3, 0.4) is 0 Å². The Morgan fingerprint density at radius 1 is 1.40 bits per heavy atom. The van der Waals surface area contributed by atoms with Gasteiger partial charge < -0.3 is 11.1 Å². The van der Waals surface area contributed by atoms with Gasteiger partial charge in [-0.3, -0.25) is 4.79 Å². The molecule has 0 bridgehead atoms. The van der Waals surface area contributed by atoms with Gasteiger partial charge in [0.1, 0.15) is 10.6 Å². The van der Waals surface area contributed by atoms with E-state index in [1.807, 2.05) is 19.9 Å². The monoisotopic (exact) mass is 382 g/mol. The molecule has 0 aliphatic carbocycles. The zero-order valence-electron chi connectivity index (χ0n) is 14.0. The van der Waals surface area contributed by atoms with Crippen molar-refractivity contribution in [3.05, 3.63) is 46.7 Å². The van der Waals surface area contributed by atoms with Gasteiger partial charge >= 0.3 is 0 Å². The molecule has 3 rings (SSSR count). The fourth-order valence-electron chi connectivity index (χ4n) is 2.42. The molecule has 0 aliphatic rings. The number of thiophene rings is 1. The molecule has 1 aromatic carbocycles. The lowest BCUT2D eigenvalue weighted by molar-refractivity contribution is 0.0957. The van der Waals surface area contributed by atoms with Gasteiger partial charge in [-0.1, -0.05) is 0 Å². The summed E-state index contributed by atoms with van der Waals surface area (Å²) >= 11 is 1.37. The summed E-state index contributed by atoms with van der Waals surface area (Å²) in [5, 5.41) is 8.30. The van der Waals surface area contributed by atoms with Gasteiger partial charge in [-0.25, -0.2) is 9.07 Å². The normalized spacial score (nSPS) is 12.0. The lowest BCUT2D eigenvalue weighted by Gasteiger charge is -2.06. The minimum atomic E-state index is -0.292. The first-order valence-electron chi connectivity index (χ1n) is 7.74. The highest BCUT2D eigenvalue weighted by Gasteiger charge is 2.17. The Labute approximate surface area is 155 Å². The molecule has 1 unspecified atom stereocenters. The fourth-order valence-corrected chi connectivity index (χ4v) is 3.52. The Kier molecular flexibility index (Phi) is 6.16. The minimum absolute atomic E-state index is 0. The van der Waals surface area contributed by atoms with Crippen LogP contribution in [0.25, 0.3) is 15.9 Å². The molecule has 3 N–H and O–H groups in total. The molecule has 2 aromatic heterocycles. The van der Waals surface area contributed by atoms with E-state index in [1.165, 1.54) is 23.5 Å². The number of carbonyl (C=O) groups is 1. The first kappa shape index (κ1) is 19.4. The number of fused-ring (bicyclic) bond motifs is 1. The average molecular weight is 383 g/mol. The third-order valence-corrected chi connectivity index (χ3v) is 4.83. The van der Waals surface area contributed by atoms with Crippen molar-refractivity contribution < 1.29 is 9.18 Å². The average Bonchev–Trinajstić information content (AvgIpc) is 3.09. The second kappa shape index (κ2) is 7.95. The van der Waals surface area contributed by atoms with Crippen molar-refractivity contribution >= 4 is 39.9 Å². The number of rotatable bonds is 5. The maximum atomic E-state index is 13.1. The summed E-state index contributed by atoms with van der Waals surface area (Å²) in [5.41, 5.74) is 7.29. The van der Waals surface area contributed by atoms with Crippen molar-refractivity contribution in [2.75, 3.05) is 6.54 Å². The van der Waals surface area contributed by atoms with Gasteiger partial charge in [-0.2, -0.15) is 5.10 Å². The summed E-state index contributed by atoms with van der Waals surface area (Å²) < 4.78 is 14.9. The van der Waals surface area contributed by atoms with Crippen molar-refractivity contribution in [2.45, 2.75) is 26.3 Å². The smallest absolute Gasteiger partial charge is 0.261 e. The standard InChI is InChI=1S/C17H19FN4OS.ClH/c1-10(19)7-8-20-16(23)15-9-14-11(2)21-22(17(14)24-15)13-5-3-12(18)4-6-13;/h3-6,9-10H,7-8,19H2,1-2H3,(H,20,23);1H. The molecule has 2 heterocycles. The van der Waals surface area contributed by atoms with E-state index in [-0.39, 0.29) is 30.2 Å². The minimum Gasteiger partial charge on any atom is -0.351 e. The number of carbonyl (C=O) groups excluding carboxylic acids is 1. The van der Waals surface area contributed by atoms with Gasteiger partial charge in [-0.05, 0) is 50.6 Å². The zero-order chi connectivity index (χ0) is 17.3. The number of nitrogens with one attached hydrogen (secondary N) is 1. The highest BCUT2D eigenvalue weighted by atomic mass is 35.5. The number of benzene rings is 1. The van der Waals surface area contributed by atoms with Gasteiger partial charge in [0.2, 0.25) is 0 Å². The molecule has 1 atom stereocenters. The van der Waals surface area contributed by atoms with Crippen LogP contribution in [-0.2, 0) is 0 Å². The van der Waals surface area contributed by atoms with E-state index in [2.05, 4.69) is 10.4 Å². The number of halogens is 2. The molecule has 0 saturated carbocycles. The second-order valence-corrected chi connectivity index (χ2v) is 6.86. The van der Waals surface area contributed by atoms with E-state index < -0.39 is 0 Å². The highest BCUT2D eigenvalue weighted by Crippen LogP contribution is 2.30. The molecular weight excluding hydrogens is 363 g/mol. The number of aryl methyl sites for hydroxylation is 1. The summed E-state index contributed by atoms with van der Waals surface area (Å²) in [6, 6.07) is 8.04. The molecule has 3 aromatic rings. The Morgan fingerprint density at radius 2 is 2.08 bits per heavy atom. The zero-order valence-corrected chi connectivity index (χ0v) is 15.6. The topological polar surface area (TPSA) is 72.9 Å². The summed E-state index contributed by atoms with van der Waals surface area (Å²) in [7, 11) is 0. The Morgan fingerprint density at radius 3 is 2.72 bits per heavy atom. The van der Waals surface area contributed by atoms with Crippen LogP contribution >= 0.6 is 23.7 Å². The van der Waals surface area contributed by atoms with Gasteiger partial charge in [0.15, 0.2) is 0 Å². The van der Waals surface area contributed by atoms with E-state index in [9.17, 15) is 9.18 Å². The molecule has 0 saturated heterocycles. The van der Waals surface area contributed by atoms with Crippen LogP contribution in [0.1, 0.15) is 28.7 Å². The molecule has 0 aliphatic heterocycles. The first-order chi connectivity index (χ1) is 11.5. The summed E-state index contributed by atoms with van der Waals surface area (Å²) in [5.74, 6) is -0.402. The molecule has 25 heavy (non-hydrogen) atoms. The van der Waals surface area contributed by atoms with Crippen LogP contribution in [0.2, 0.25) is 0 Å². The van der Waals surface area contributed by atoms with E-state index in [4.69, 9.17) is 5.73 Å². The molecule has 0 spiro atoms. The molecule has 5 nitrogen and oxygen atoms in total. The van der Waals surface area contributed by atoms with Crippen LogP contribution in [0.5, 0.6) is 0 Å². The number of hydrogen-bond acceptors (Lipinski definition) is 4. The van der Waals surface area contributed by atoms with Gasteiger partial charge in [0.05, 0.1) is 16.3 Å². The van der Waals surface area contributed by atoms with Gasteiger partial charge in [0, 0.05) is 18.0 Å². The summed E-state index contributed by atoms with van der Waals surface area (Å²) in [4.78, 5) is 13.8. The van der Waals surface area contributed by atoms with Crippen molar-refractivity contribution in [3.63, 3.8) is 0 Å². The SMILES string of the molecule is Cc1nn(-c2ccc(F)cc2)c2sc(C(=O)NCCC(C)N)cc12.Cl. The van der Waals surface area contributed by atoms with Gasteiger partial charge in [0.25, 0.3) is 5.91 Å². The van der Waals surface area contributed by atoms with Crippen LogP contribution in [0.15, 0.2) is 30.3 Å². The molecule has 134 valence electrons. The number of nitrogens with zero attached hydrogens (tertiary/aromatic N) is 2. The molecular formula is C17H20ClFN4OS. The first-order valence-corrected chi connectivity index (χ1v) is 8.56. The lowest BCUT2D eigenvalue weighted by atomic mass is 10.2. The quantitative estimate of drug-likeness (QED) is 0.710. The molecule has 1 amide bonds. The Balaban J connectivity index is 0.00000225. The van der Waals surface area contributed by atoms with Crippen molar-refractivity contribution in [3.8, 4) is 5.69 Å². The Hall–Kier alpha value is -1.96. The number of nitrogens with two attached hydrogens (primary N) is 1. The second-order valence-electron chi connectivity index (χ2n) is 5.82. The van der Waals surface area contributed by atoms with E-state index in [1.54, 1.807) is 16.8 Å². The van der Waals surface area contributed by atoms with Crippen LogP contribution in [0, 0.1) is 12.7 Å². The molecule has 0 radical (unpaired) electrons. The molecule has 0 fully saturated rings. The number of hydrogen-bond donors (Lipinski definition) is 2.